The lowest BCUT2D eigenvalue weighted by Crippen LogP contribution is -2.28. The van der Waals surface area contributed by atoms with Crippen LogP contribution in [0.5, 0.6) is 0 Å². The highest BCUT2D eigenvalue weighted by atomic mass is 15.2. The van der Waals surface area contributed by atoms with Crippen molar-refractivity contribution in [2.24, 2.45) is 5.92 Å². The average Bonchev–Trinajstić information content (AvgIpc) is 3.05. The van der Waals surface area contributed by atoms with Crippen LogP contribution >= 0.6 is 0 Å². The lowest BCUT2D eigenvalue weighted by atomic mass is 10.0. The molecular formula is C19H27N3. The molecule has 3 heterocycles. The van der Waals surface area contributed by atoms with Gasteiger partial charge in [-0.05, 0) is 57.4 Å². The standard InChI is InChI=1S/C19H27N3/c1-14(2)13-21-12-6-8-18(21)17-7-5-11-20-19(17)22-15(3)9-10-16(22)4/h5,7,9-11,14,18H,6,8,12-13H2,1-4H3. The number of nitrogens with zero attached hydrogens (tertiary/aromatic N) is 3. The number of likely N-dealkylation sites (tertiary alicyclic amines) is 1. The highest BCUT2D eigenvalue weighted by molar-refractivity contribution is 5.41. The Morgan fingerprint density at radius 3 is 2.59 bits per heavy atom. The normalized spacial score (nSPS) is 19.2. The summed E-state index contributed by atoms with van der Waals surface area (Å²) in [6.07, 6.45) is 4.44. The summed E-state index contributed by atoms with van der Waals surface area (Å²) in [5.41, 5.74) is 3.89. The van der Waals surface area contributed by atoms with Crippen molar-refractivity contribution in [3.8, 4) is 5.82 Å². The molecule has 1 aliphatic rings. The lowest BCUT2D eigenvalue weighted by molar-refractivity contribution is 0.228. The zero-order valence-electron chi connectivity index (χ0n) is 14.2. The van der Waals surface area contributed by atoms with Gasteiger partial charge in [0.1, 0.15) is 5.82 Å². The second-order valence-corrected chi connectivity index (χ2v) is 6.91. The second kappa shape index (κ2) is 6.25. The van der Waals surface area contributed by atoms with Crippen molar-refractivity contribution in [2.45, 2.75) is 46.6 Å². The van der Waals surface area contributed by atoms with E-state index in [1.54, 1.807) is 0 Å². The molecule has 0 aliphatic carbocycles. The molecule has 1 fully saturated rings. The van der Waals surface area contributed by atoms with Crippen molar-refractivity contribution >= 4 is 0 Å². The number of rotatable bonds is 4. The summed E-state index contributed by atoms with van der Waals surface area (Å²) < 4.78 is 2.29. The molecule has 0 amide bonds. The van der Waals surface area contributed by atoms with Gasteiger partial charge in [-0.2, -0.15) is 0 Å². The molecule has 0 saturated carbocycles. The van der Waals surface area contributed by atoms with Crippen LogP contribution < -0.4 is 0 Å². The van der Waals surface area contributed by atoms with Gasteiger partial charge in [0.15, 0.2) is 0 Å². The van der Waals surface area contributed by atoms with Gasteiger partial charge >= 0.3 is 0 Å². The van der Waals surface area contributed by atoms with Gasteiger partial charge in [0, 0.05) is 35.7 Å². The molecule has 3 rings (SSSR count). The van der Waals surface area contributed by atoms with Gasteiger partial charge in [-0.25, -0.2) is 4.98 Å². The second-order valence-electron chi connectivity index (χ2n) is 6.91. The maximum absolute atomic E-state index is 4.74. The van der Waals surface area contributed by atoms with E-state index in [4.69, 9.17) is 4.98 Å². The summed E-state index contributed by atoms with van der Waals surface area (Å²) in [5, 5.41) is 0. The quantitative estimate of drug-likeness (QED) is 0.839. The molecular weight excluding hydrogens is 270 g/mol. The predicted molar refractivity (Wildman–Crippen MR) is 91.4 cm³/mol. The van der Waals surface area contributed by atoms with Crippen LogP contribution in [-0.4, -0.2) is 27.5 Å². The summed E-state index contributed by atoms with van der Waals surface area (Å²) in [7, 11) is 0. The van der Waals surface area contributed by atoms with E-state index in [0.717, 1.165) is 5.82 Å². The first-order valence-electron chi connectivity index (χ1n) is 8.42. The highest BCUT2D eigenvalue weighted by Gasteiger charge is 2.29. The number of hydrogen-bond acceptors (Lipinski definition) is 2. The molecule has 0 N–H and O–H groups in total. The predicted octanol–water partition coefficient (Wildman–Crippen LogP) is 4.28. The van der Waals surface area contributed by atoms with Crippen molar-refractivity contribution in [1.82, 2.24) is 14.5 Å². The van der Waals surface area contributed by atoms with E-state index >= 15 is 0 Å². The summed E-state index contributed by atoms with van der Waals surface area (Å²) >= 11 is 0. The van der Waals surface area contributed by atoms with E-state index in [1.165, 1.54) is 42.9 Å². The molecule has 1 unspecified atom stereocenters. The third-order valence-corrected chi connectivity index (χ3v) is 4.62. The minimum absolute atomic E-state index is 0.507. The summed E-state index contributed by atoms with van der Waals surface area (Å²) in [4.78, 5) is 7.38. The van der Waals surface area contributed by atoms with Crippen LogP contribution in [0.1, 0.15) is 49.7 Å². The van der Waals surface area contributed by atoms with Crippen LogP contribution in [0.15, 0.2) is 30.5 Å². The van der Waals surface area contributed by atoms with Gasteiger partial charge in [0.2, 0.25) is 0 Å². The maximum Gasteiger partial charge on any atom is 0.141 e. The molecule has 0 spiro atoms. The molecule has 0 bridgehead atoms. The van der Waals surface area contributed by atoms with Crippen molar-refractivity contribution < 1.29 is 0 Å². The van der Waals surface area contributed by atoms with E-state index in [-0.39, 0.29) is 0 Å². The highest BCUT2D eigenvalue weighted by Crippen LogP contribution is 2.35. The molecule has 2 aromatic heterocycles. The monoisotopic (exact) mass is 297 g/mol. The van der Waals surface area contributed by atoms with Gasteiger partial charge in [-0.1, -0.05) is 19.9 Å². The largest absolute Gasteiger partial charge is 0.303 e. The molecule has 1 atom stereocenters. The van der Waals surface area contributed by atoms with Gasteiger partial charge < -0.3 is 4.57 Å². The molecule has 0 aromatic carbocycles. The third-order valence-electron chi connectivity index (χ3n) is 4.62. The van der Waals surface area contributed by atoms with Crippen molar-refractivity contribution in [1.29, 1.82) is 0 Å². The fourth-order valence-electron chi connectivity index (χ4n) is 3.72. The Labute approximate surface area is 134 Å². The smallest absolute Gasteiger partial charge is 0.141 e. The molecule has 118 valence electrons. The minimum atomic E-state index is 0.507. The van der Waals surface area contributed by atoms with Crippen LogP contribution in [0.4, 0.5) is 0 Å². The van der Waals surface area contributed by atoms with Gasteiger partial charge in [0.25, 0.3) is 0 Å². The zero-order chi connectivity index (χ0) is 15.7. The number of aryl methyl sites for hydroxylation is 2. The number of aromatic nitrogens is 2. The van der Waals surface area contributed by atoms with E-state index in [2.05, 4.69) is 61.4 Å². The van der Waals surface area contributed by atoms with E-state index in [0.29, 0.717) is 12.0 Å². The van der Waals surface area contributed by atoms with E-state index < -0.39 is 0 Å². The van der Waals surface area contributed by atoms with Crippen molar-refractivity contribution in [2.75, 3.05) is 13.1 Å². The van der Waals surface area contributed by atoms with E-state index in [1.807, 2.05) is 6.20 Å². The Hall–Kier alpha value is -1.61. The van der Waals surface area contributed by atoms with E-state index in [9.17, 15) is 0 Å². The SMILES string of the molecule is Cc1ccc(C)n1-c1ncccc1C1CCCN1CC(C)C. The fraction of sp³-hybridized carbons (Fsp3) is 0.526. The van der Waals surface area contributed by atoms with Crippen LogP contribution in [0, 0.1) is 19.8 Å². The summed E-state index contributed by atoms with van der Waals surface area (Å²) in [5.74, 6) is 1.82. The minimum Gasteiger partial charge on any atom is -0.303 e. The first kappa shape index (κ1) is 15.3. The topological polar surface area (TPSA) is 21.1 Å². The molecule has 1 saturated heterocycles. The first-order valence-corrected chi connectivity index (χ1v) is 8.42. The Kier molecular flexibility index (Phi) is 4.34. The van der Waals surface area contributed by atoms with Crippen LogP contribution in [0.2, 0.25) is 0 Å². The van der Waals surface area contributed by atoms with Gasteiger partial charge in [-0.15, -0.1) is 0 Å². The van der Waals surface area contributed by atoms with Gasteiger partial charge in [-0.3, -0.25) is 4.90 Å². The molecule has 1 aliphatic heterocycles. The average molecular weight is 297 g/mol. The Morgan fingerprint density at radius 2 is 1.91 bits per heavy atom. The van der Waals surface area contributed by atoms with Gasteiger partial charge in [0.05, 0.1) is 0 Å². The molecule has 0 radical (unpaired) electrons. The maximum atomic E-state index is 4.74. The fourth-order valence-corrected chi connectivity index (χ4v) is 3.72. The summed E-state index contributed by atoms with van der Waals surface area (Å²) in [6, 6.07) is 9.21. The molecule has 3 nitrogen and oxygen atoms in total. The Balaban J connectivity index is 2.02. The summed E-state index contributed by atoms with van der Waals surface area (Å²) in [6.45, 7) is 11.3. The Bertz CT molecular complexity index is 622. The van der Waals surface area contributed by atoms with Crippen LogP contribution in [-0.2, 0) is 0 Å². The lowest BCUT2D eigenvalue weighted by Gasteiger charge is -2.28. The van der Waals surface area contributed by atoms with Crippen molar-refractivity contribution in [3.05, 3.63) is 47.4 Å². The van der Waals surface area contributed by atoms with Crippen LogP contribution in [0.25, 0.3) is 5.82 Å². The molecule has 3 heteroatoms. The molecule has 2 aromatic rings. The first-order chi connectivity index (χ1) is 10.6. The number of pyridine rings is 1. The number of hydrogen-bond donors (Lipinski definition) is 0. The molecule has 22 heavy (non-hydrogen) atoms. The third kappa shape index (κ3) is 2.82. The van der Waals surface area contributed by atoms with Crippen LogP contribution in [0.3, 0.4) is 0 Å². The van der Waals surface area contributed by atoms with Crippen molar-refractivity contribution in [3.63, 3.8) is 0 Å². The zero-order valence-corrected chi connectivity index (χ0v) is 14.2. The Morgan fingerprint density at radius 1 is 1.18 bits per heavy atom.